The highest BCUT2D eigenvalue weighted by Gasteiger charge is 2.16. The lowest BCUT2D eigenvalue weighted by molar-refractivity contribution is -0.112. The third-order valence-electron chi connectivity index (χ3n) is 2.78. The van der Waals surface area contributed by atoms with E-state index in [1.54, 1.807) is 12.1 Å². The van der Waals surface area contributed by atoms with E-state index in [1.807, 2.05) is 32.1 Å². The van der Waals surface area contributed by atoms with E-state index in [4.69, 9.17) is 5.41 Å². The number of allylic oxidation sites excluding steroid dienone is 2. The van der Waals surface area contributed by atoms with Crippen molar-refractivity contribution < 1.29 is 4.79 Å². The molecular formula is C15H15BrN4O. The zero-order chi connectivity index (χ0) is 15.4. The number of halogens is 1. The van der Waals surface area contributed by atoms with Gasteiger partial charge in [-0.2, -0.15) is 0 Å². The van der Waals surface area contributed by atoms with Crippen molar-refractivity contribution in [2.45, 2.75) is 13.8 Å². The lowest BCUT2D eigenvalue weighted by Gasteiger charge is -2.16. The summed E-state index contributed by atoms with van der Waals surface area (Å²) in [7, 11) is 0. The molecule has 1 aliphatic rings. The fourth-order valence-corrected chi connectivity index (χ4v) is 2.14. The van der Waals surface area contributed by atoms with Crippen LogP contribution in [0.3, 0.4) is 0 Å². The van der Waals surface area contributed by atoms with Gasteiger partial charge in [0.1, 0.15) is 5.82 Å². The molecule has 0 bridgehead atoms. The van der Waals surface area contributed by atoms with Gasteiger partial charge in [0.2, 0.25) is 0 Å². The molecule has 1 heterocycles. The summed E-state index contributed by atoms with van der Waals surface area (Å²) in [5.41, 5.74) is 2.52. The minimum atomic E-state index is -0.374. The first-order valence-corrected chi connectivity index (χ1v) is 7.11. The van der Waals surface area contributed by atoms with Gasteiger partial charge < -0.3 is 16.0 Å². The number of carbonyl (C=O) groups is 1. The smallest absolute Gasteiger partial charge is 0.260 e. The first kappa shape index (κ1) is 15.2. The molecule has 0 saturated carbocycles. The Bertz CT molecular complexity index is 671. The summed E-state index contributed by atoms with van der Waals surface area (Å²) >= 11 is 3.34. The lowest BCUT2D eigenvalue weighted by atomic mass is 10.2. The summed E-state index contributed by atoms with van der Waals surface area (Å²) in [6, 6.07) is 7.23. The Kier molecular flexibility index (Phi) is 4.70. The zero-order valence-electron chi connectivity index (χ0n) is 11.7. The topological polar surface area (TPSA) is 77.3 Å². The Morgan fingerprint density at radius 1 is 1.33 bits per heavy atom. The van der Waals surface area contributed by atoms with Crippen LogP contribution in [0.15, 0.2) is 56.9 Å². The molecule has 1 aliphatic heterocycles. The highest BCUT2D eigenvalue weighted by atomic mass is 79.9. The van der Waals surface area contributed by atoms with Crippen molar-refractivity contribution in [2.75, 3.05) is 5.32 Å². The van der Waals surface area contributed by atoms with Gasteiger partial charge in [0, 0.05) is 27.8 Å². The number of nitrogens with one attached hydrogen (secondary N) is 3. The van der Waals surface area contributed by atoms with E-state index in [9.17, 15) is 4.79 Å². The average Bonchev–Trinajstić information content (AvgIpc) is 2.41. The Hall–Kier alpha value is -2.21. The van der Waals surface area contributed by atoms with Crippen LogP contribution >= 0.6 is 15.9 Å². The van der Waals surface area contributed by atoms with Crippen LogP contribution in [0.4, 0.5) is 5.69 Å². The largest absolute Gasteiger partial charge is 0.343 e. The van der Waals surface area contributed by atoms with E-state index in [2.05, 4.69) is 31.6 Å². The predicted molar refractivity (Wildman–Crippen MR) is 88.6 cm³/mol. The fourth-order valence-electron chi connectivity index (χ4n) is 1.87. The monoisotopic (exact) mass is 346 g/mol. The van der Waals surface area contributed by atoms with Crippen molar-refractivity contribution in [3.05, 3.63) is 51.9 Å². The lowest BCUT2D eigenvalue weighted by Crippen LogP contribution is -2.24. The molecule has 0 radical (unpaired) electrons. The molecule has 1 amide bonds. The van der Waals surface area contributed by atoms with E-state index in [0.717, 1.165) is 22.1 Å². The van der Waals surface area contributed by atoms with E-state index in [-0.39, 0.29) is 11.5 Å². The van der Waals surface area contributed by atoms with Crippen LogP contribution in [-0.4, -0.2) is 17.8 Å². The van der Waals surface area contributed by atoms with Gasteiger partial charge in [-0.3, -0.25) is 4.79 Å². The molecule has 5 nitrogen and oxygen atoms in total. The summed E-state index contributed by atoms with van der Waals surface area (Å²) in [5, 5.41) is 13.2. The number of anilines is 1. The first-order chi connectivity index (χ1) is 9.99. The van der Waals surface area contributed by atoms with E-state index in [0.29, 0.717) is 11.5 Å². The van der Waals surface area contributed by atoms with Gasteiger partial charge in [-0.05, 0) is 44.2 Å². The molecule has 0 saturated heterocycles. The summed E-state index contributed by atoms with van der Waals surface area (Å²) in [5.74, 6) is 0.0122. The Morgan fingerprint density at radius 3 is 2.57 bits per heavy atom. The van der Waals surface area contributed by atoms with Gasteiger partial charge in [0.25, 0.3) is 5.91 Å². The standard InChI is InChI=1S/C15H15BrN4O/c1-9-7-10(2)19-14(18-9)13(8-17)15(21)20-12-5-3-11(16)4-6-12/h3-8,17-18H,1-2H3,(H,20,21)/b14-13-,17-8?. The maximum atomic E-state index is 12.3. The molecule has 3 N–H and O–H groups in total. The molecule has 1 aromatic rings. The fraction of sp³-hybridized carbons (Fsp3) is 0.133. The quantitative estimate of drug-likeness (QED) is 0.580. The SMILES string of the molecule is CC1=CC(C)=N/C(=C(/C=N)C(=O)Nc2ccc(Br)cc2)N1. The summed E-state index contributed by atoms with van der Waals surface area (Å²) in [6.07, 6.45) is 2.88. The van der Waals surface area contributed by atoms with Gasteiger partial charge in [0.05, 0.1) is 5.57 Å². The van der Waals surface area contributed by atoms with E-state index < -0.39 is 0 Å². The molecule has 0 atom stereocenters. The van der Waals surface area contributed by atoms with Crippen LogP contribution in [0.5, 0.6) is 0 Å². The molecular weight excluding hydrogens is 332 g/mol. The third-order valence-corrected chi connectivity index (χ3v) is 3.30. The molecule has 0 aliphatic carbocycles. The number of benzene rings is 1. The minimum absolute atomic E-state index is 0.185. The van der Waals surface area contributed by atoms with Crippen molar-refractivity contribution >= 4 is 39.5 Å². The van der Waals surface area contributed by atoms with Crippen molar-refractivity contribution in [2.24, 2.45) is 4.99 Å². The number of rotatable bonds is 3. The number of hydrogen-bond donors (Lipinski definition) is 3. The Balaban J connectivity index is 2.25. The van der Waals surface area contributed by atoms with Crippen LogP contribution in [-0.2, 0) is 4.79 Å². The van der Waals surface area contributed by atoms with Gasteiger partial charge in [0.15, 0.2) is 0 Å². The van der Waals surface area contributed by atoms with Gasteiger partial charge in [-0.15, -0.1) is 0 Å². The number of nitrogens with zero attached hydrogens (tertiary/aromatic N) is 1. The van der Waals surface area contributed by atoms with Gasteiger partial charge in [-0.1, -0.05) is 15.9 Å². The molecule has 2 rings (SSSR count). The van der Waals surface area contributed by atoms with Crippen LogP contribution in [0, 0.1) is 5.41 Å². The van der Waals surface area contributed by atoms with Crippen LogP contribution in [0.1, 0.15) is 13.8 Å². The highest BCUT2D eigenvalue weighted by Crippen LogP contribution is 2.16. The number of carbonyl (C=O) groups excluding carboxylic acids is 1. The maximum absolute atomic E-state index is 12.3. The predicted octanol–water partition coefficient (Wildman–Crippen LogP) is 3.22. The normalized spacial score (nSPS) is 16.3. The third kappa shape index (κ3) is 3.88. The average molecular weight is 347 g/mol. The van der Waals surface area contributed by atoms with Crippen LogP contribution < -0.4 is 10.6 Å². The molecule has 0 aromatic heterocycles. The summed E-state index contributed by atoms with van der Waals surface area (Å²) in [4.78, 5) is 16.6. The number of hydrogen-bond acceptors (Lipinski definition) is 4. The molecule has 0 spiro atoms. The highest BCUT2D eigenvalue weighted by molar-refractivity contribution is 9.10. The van der Waals surface area contributed by atoms with Crippen molar-refractivity contribution in [1.82, 2.24) is 5.32 Å². The molecule has 1 aromatic carbocycles. The number of aliphatic imine (C=N–C) groups is 1. The Morgan fingerprint density at radius 2 is 2.00 bits per heavy atom. The van der Waals surface area contributed by atoms with Crippen LogP contribution in [0.2, 0.25) is 0 Å². The second-order valence-electron chi connectivity index (χ2n) is 4.57. The van der Waals surface area contributed by atoms with E-state index >= 15 is 0 Å². The maximum Gasteiger partial charge on any atom is 0.260 e. The molecule has 21 heavy (non-hydrogen) atoms. The zero-order valence-corrected chi connectivity index (χ0v) is 13.3. The molecule has 0 fully saturated rings. The second kappa shape index (κ2) is 6.49. The summed E-state index contributed by atoms with van der Waals surface area (Å²) in [6.45, 7) is 3.73. The first-order valence-electron chi connectivity index (χ1n) is 6.32. The summed E-state index contributed by atoms with van der Waals surface area (Å²) < 4.78 is 0.932. The number of amides is 1. The molecule has 108 valence electrons. The van der Waals surface area contributed by atoms with Crippen LogP contribution in [0.25, 0.3) is 0 Å². The van der Waals surface area contributed by atoms with Crippen molar-refractivity contribution in [1.29, 1.82) is 5.41 Å². The van der Waals surface area contributed by atoms with Gasteiger partial charge >= 0.3 is 0 Å². The van der Waals surface area contributed by atoms with Gasteiger partial charge in [-0.25, -0.2) is 4.99 Å². The second-order valence-corrected chi connectivity index (χ2v) is 5.49. The Labute approximate surface area is 131 Å². The molecule has 0 unspecified atom stereocenters. The molecule has 6 heteroatoms. The minimum Gasteiger partial charge on any atom is -0.343 e. The van der Waals surface area contributed by atoms with Crippen molar-refractivity contribution in [3.63, 3.8) is 0 Å². The van der Waals surface area contributed by atoms with E-state index in [1.165, 1.54) is 0 Å². The van der Waals surface area contributed by atoms with Crippen molar-refractivity contribution in [3.8, 4) is 0 Å².